The molecule has 0 aliphatic heterocycles. The minimum Gasteiger partial charge on any atom is -0.365 e. The number of rotatable bonds is 4. The molecule has 4 nitrogen and oxygen atoms in total. The fourth-order valence-corrected chi connectivity index (χ4v) is 0.919. The molecule has 5 heteroatoms. The molecule has 1 rings (SSSR count). The fourth-order valence-electron chi connectivity index (χ4n) is 0.919. The van der Waals surface area contributed by atoms with Crippen LogP contribution in [0.15, 0.2) is 6.20 Å². The van der Waals surface area contributed by atoms with Gasteiger partial charge in [-0.25, -0.2) is 0 Å². The third-order valence-corrected chi connectivity index (χ3v) is 2.24. The second-order valence-corrected chi connectivity index (χ2v) is 3.64. The van der Waals surface area contributed by atoms with Crippen LogP contribution in [0.2, 0.25) is 6.82 Å². The van der Waals surface area contributed by atoms with Gasteiger partial charge in [0.15, 0.2) is 5.82 Å². The van der Waals surface area contributed by atoms with Gasteiger partial charge in [0.25, 0.3) is 7.41 Å². The molecule has 72 valence electrons. The highest BCUT2D eigenvalue weighted by atomic mass is 15.4. The van der Waals surface area contributed by atoms with Gasteiger partial charge in [0, 0.05) is 6.04 Å². The van der Waals surface area contributed by atoms with Crippen molar-refractivity contribution >= 4 is 13.2 Å². The van der Waals surface area contributed by atoms with E-state index >= 15 is 0 Å². The predicted molar refractivity (Wildman–Crippen MR) is 56.4 cm³/mol. The monoisotopic (exact) mass is 180 g/mol. The van der Waals surface area contributed by atoms with Crippen LogP contribution in [0.4, 0.5) is 5.82 Å². The Morgan fingerprint density at radius 3 is 2.62 bits per heavy atom. The molecular weight excluding hydrogens is 163 g/mol. The Morgan fingerprint density at radius 1 is 1.46 bits per heavy atom. The van der Waals surface area contributed by atoms with Gasteiger partial charge in [0.1, 0.15) is 0 Å². The highest BCUT2D eigenvalue weighted by Gasteiger charge is 2.08. The lowest BCUT2D eigenvalue weighted by Gasteiger charge is -2.15. The number of aromatic nitrogens is 3. The van der Waals surface area contributed by atoms with Gasteiger partial charge in [-0.3, -0.25) is 0 Å². The summed E-state index contributed by atoms with van der Waals surface area (Å²) in [7, 11) is 0.866. The predicted octanol–water partition coefficient (Wildman–Crippen LogP) is 0.982. The summed E-state index contributed by atoms with van der Waals surface area (Å²) in [6.45, 7) is 8.56. The van der Waals surface area contributed by atoms with E-state index in [-0.39, 0.29) is 0 Å². The number of nitrogens with one attached hydrogen (secondary N) is 1. The van der Waals surface area contributed by atoms with Crippen LogP contribution in [0.25, 0.3) is 0 Å². The van der Waals surface area contributed by atoms with Crippen LogP contribution >= 0.6 is 0 Å². The zero-order valence-corrected chi connectivity index (χ0v) is 8.78. The maximum atomic E-state index is 4.01. The van der Waals surface area contributed by atoms with Gasteiger partial charge in [0.05, 0.1) is 6.20 Å². The summed E-state index contributed by atoms with van der Waals surface area (Å²) in [6, 6.07) is 0.432. The minimum absolute atomic E-state index is 0.432. The van der Waals surface area contributed by atoms with Gasteiger partial charge in [-0.05, 0) is 12.8 Å². The molecule has 0 radical (unpaired) electrons. The summed E-state index contributed by atoms with van der Waals surface area (Å²) in [5, 5.41) is 11.3. The van der Waals surface area contributed by atoms with Gasteiger partial charge in [-0.15, -0.1) is 5.10 Å². The molecule has 0 fully saturated rings. The van der Waals surface area contributed by atoms with Crippen LogP contribution in [0, 0.1) is 5.92 Å². The highest BCUT2D eigenvalue weighted by Crippen LogP contribution is 2.07. The first-order valence-corrected chi connectivity index (χ1v) is 4.80. The number of hydrogen-bond donors (Lipinski definition) is 1. The van der Waals surface area contributed by atoms with Gasteiger partial charge in [-0.2, -0.15) is 0 Å². The number of hydrogen-bond acceptors (Lipinski definition) is 3. The van der Waals surface area contributed by atoms with E-state index in [1.54, 1.807) is 0 Å². The lowest BCUT2D eigenvalue weighted by Crippen LogP contribution is -2.21. The minimum atomic E-state index is 0.432. The molecular formula is C8H17BN4. The first kappa shape index (κ1) is 10.1. The van der Waals surface area contributed by atoms with E-state index in [4.69, 9.17) is 0 Å². The van der Waals surface area contributed by atoms with E-state index in [1.807, 2.05) is 17.6 Å². The Hall–Kier alpha value is -0.995. The molecule has 1 atom stereocenters. The first-order chi connectivity index (χ1) is 6.13. The molecule has 13 heavy (non-hydrogen) atoms. The molecule has 0 amide bonds. The Balaban J connectivity index is 2.53. The smallest absolute Gasteiger partial charge is 0.265 e. The van der Waals surface area contributed by atoms with Crippen molar-refractivity contribution < 1.29 is 0 Å². The Morgan fingerprint density at radius 2 is 2.15 bits per heavy atom. The quantitative estimate of drug-likeness (QED) is 0.702. The van der Waals surface area contributed by atoms with Crippen molar-refractivity contribution in [3.05, 3.63) is 6.20 Å². The molecule has 1 aromatic heterocycles. The van der Waals surface area contributed by atoms with Crippen LogP contribution in [-0.2, 0) is 0 Å². The zero-order valence-electron chi connectivity index (χ0n) is 8.78. The van der Waals surface area contributed by atoms with Crippen LogP contribution in [0.5, 0.6) is 0 Å². The Labute approximate surface area is 80.0 Å². The summed E-state index contributed by atoms with van der Waals surface area (Å²) in [5.41, 5.74) is 0. The average molecular weight is 180 g/mol. The number of nitrogens with zero attached hydrogens (tertiary/aromatic N) is 3. The van der Waals surface area contributed by atoms with Crippen LogP contribution in [0.1, 0.15) is 20.8 Å². The SMILES string of the molecule is CBn1cc(NC(C)C(C)C)nn1. The van der Waals surface area contributed by atoms with Crippen molar-refractivity contribution in [3.8, 4) is 0 Å². The molecule has 0 aliphatic rings. The third kappa shape index (κ3) is 2.75. The van der Waals surface area contributed by atoms with Gasteiger partial charge in [-0.1, -0.05) is 25.9 Å². The first-order valence-electron chi connectivity index (χ1n) is 4.80. The molecule has 1 unspecified atom stereocenters. The summed E-state index contributed by atoms with van der Waals surface area (Å²) in [5.74, 6) is 1.47. The number of anilines is 1. The molecule has 0 aromatic carbocycles. The standard InChI is InChI=1S/C8H17BN4/c1-6(2)7(3)10-8-5-13(9-4)12-11-8/h5-7,9-10H,1-4H3. The molecule has 0 bridgehead atoms. The maximum Gasteiger partial charge on any atom is 0.265 e. The van der Waals surface area contributed by atoms with Gasteiger partial charge in [0.2, 0.25) is 0 Å². The summed E-state index contributed by atoms with van der Waals surface area (Å²) in [4.78, 5) is 0. The van der Waals surface area contributed by atoms with E-state index in [0.29, 0.717) is 12.0 Å². The molecule has 0 aliphatic carbocycles. The Kier molecular flexibility index (Phi) is 3.34. The van der Waals surface area contributed by atoms with Crippen molar-refractivity contribution in [1.82, 2.24) is 14.9 Å². The van der Waals surface area contributed by atoms with E-state index in [2.05, 4.69) is 36.4 Å². The third-order valence-electron chi connectivity index (χ3n) is 2.24. The summed E-state index contributed by atoms with van der Waals surface area (Å²) < 4.78 is 1.81. The highest BCUT2D eigenvalue weighted by molar-refractivity contribution is 6.30. The van der Waals surface area contributed by atoms with Crippen molar-refractivity contribution in [2.45, 2.75) is 33.6 Å². The van der Waals surface area contributed by atoms with Crippen LogP contribution in [0.3, 0.4) is 0 Å². The molecule has 0 saturated heterocycles. The Bertz CT molecular complexity index is 258. The normalized spacial score (nSPS) is 13.0. The zero-order chi connectivity index (χ0) is 9.84. The molecule has 1 aromatic rings. The lowest BCUT2D eigenvalue weighted by atomic mass is 10.0. The van der Waals surface area contributed by atoms with Crippen molar-refractivity contribution in [1.29, 1.82) is 0 Å². The second-order valence-electron chi connectivity index (χ2n) is 3.64. The largest absolute Gasteiger partial charge is 0.365 e. The topological polar surface area (TPSA) is 42.7 Å². The van der Waals surface area contributed by atoms with E-state index in [9.17, 15) is 0 Å². The molecule has 0 saturated carbocycles. The van der Waals surface area contributed by atoms with Crippen molar-refractivity contribution in [3.63, 3.8) is 0 Å². The lowest BCUT2D eigenvalue weighted by molar-refractivity contribution is 0.558. The molecule has 1 heterocycles. The van der Waals surface area contributed by atoms with Crippen molar-refractivity contribution in [2.75, 3.05) is 5.32 Å². The molecule has 1 N–H and O–H groups in total. The van der Waals surface area contributed by atoms with E-state index < -0.39 is 0 Å². The molecule has 0 spiro atoms. The fraction of sp³-hybridized carbons (Fsp3) is 0.750. The average Bonchev–Trinajstić information content (AvgIpc) is 2.52. The second kappa shape index (κ2) is 4.30. The van der Waals surface area contributed by atoms with Gasteiger partial charge < -0.3 is 9.91 Å². The van der Waals surface area contributed by atoms with Crippen molar-refractivity contribution in [2.24, 2.45) is 5.92 Å². The van der Waals surface area contributed by atoms with Crippen LogP contribution < -0.4 is 5.32 Å². The van der Waals surface area contributed by atoms with E-state index in [1.165, 1.54) is 0 Å². The summed E-state index contributed by atoms with van der Waals surface area (Å²) in [6.07, 6.45) is 1.93. The van der Waals surface area contributed by atoms with Gasteiger partial charge >= 0.3 is 0 Å². The van der Waals surface area contributed by atoms with Crippen LogP contribution in [-0.4, -0.2) is 28.4 Å². The maximum absolute atomic E-state index is 4.01. The summed E-state index contributed by atoms with van der Waals surface area (Å²) >= 11 is 0. The van der Waals surface area contributed by atoms with E-state index in [0.717, 1.165) is 13.2 Å².